The number of aromatic nitrogens is 1. The Balaban J connectivity index is 1.22. The summed E-state index contributed by atoms with van der Waals surface area (Å²) in [5, 5.41) is 6.70. The van der Waals surface area contributed by atoms with Gasteiger partial charge in [-0.15, -0.1) is 0 Å². The van der Waals surface area contributed by atoms with Crippen molar-refractivity contribution in [3.63, 3.8) is 0 Å². The zero-order chi connectivity index (χ0) is 19.5. The van der Waals surface area contributed by atoms with E-state index in [1.54, 1.807) is 9.80 Å². The molecule has 8 nitrogen and oxygen atoms in total. The second kappa shape index (κ2) is 7.92. The molecule has 0 radical (unpaired) electrons. The number of aromatic amines is 1. The summed E-state index contributed by atoms with van der Waals surface area (Å²) in [4.78, 5) is 43.2. The molecule has 1 aromatic carbocycles. The van der Waals surface area contributed by atoms with Crippen LogP contribution in [0.15, 0.2) is 30.3 Å². The molecule has 4 rings (SSSR count). The summed E-state index contributed by atoms with van der Waals surface area (Å²) in [5.41, 5.74) is 1.51. The predicted molar refractivity (Wildman–Crippen MR) is 105 cm³/mol. The molecule has 3 N–H and O–H groups in total. The molecule has 1 saturated heterocycles. The van der Waals surface area contributed by atoms with Crippen molar-refractivity contribution in [2.45, 2.75) is 25.3 Å². The SMILES string of the molecule is O=C(CCNC(=O)N1CCN(C(=O)c2cc3ccccc3[nH]2)CC1)NC1CC1. The van der Waals surface area contributed by atoms with Gasteiger partial charge < -0.3 is 25.4 Å². The Kier molecular flexibility index (Phi) is 5.18. The topological polar surface area (TPSA) is 97.5 Å². The van der Waals surface area contributed by atoms with Crippen molar-refractivity contribution < 1.29 is 14.4 Å². The number of amides is 4. The third-order valence-electron chi connectivity index (χ3n) is 5.19. The van der Waals surface area contributed by atoms with E-state index in [-0.39, 0.29) is 17.8 Å². The highest BCUT2D eigenvalue weighted by Gasteiger charge is 2.26. The summed E-state index contributed by atoms with van der Waals surface area (Å²) >= 11 is 0. The lowest BCUT2D eigenvalue weighted by Gasteiger charge is -2.34. The molecular weight excluding hydrogens is 358 g/mol. The van der Waals surface area contributed by atoms with Crippen molar-refractivity contribution >= 4 is 28.7 Å². The van der Waals surface area contributed by atoms with Crippen LogP contribution in [-0.4, -0.2) is 71.4 Å². The zero-order valence-electron chi connectivity index (χ0n) is 15.7. The monoisotopic (exact) mass is 383 g/mol. The minimum atomic E-state index is -0.183. The maximum Gasteiger partial charge on any atom is 0.317 e. The summed E-state index contributed by atoms with van der Waals surface area (Å²) in [6, 6.07) is 9.80. The number of carbonyl (C=O) groups excluding carboxylic acids is 3. The minimum Gasteiger partial charge on any atom is -0.353 e. The van der Waals surface area contributed by atoms with E-state index in [0.29, 0.717) is 50.9 Å². The first-order valence-corrected chi connectivity index (χ1v) is 9.79. The number of carbonyl (C=O) groups is 3. The first-order valence-electron chi connectivity index (χ1n) is 9.79. The lowest BCUT2D eigenvalue weighted by atomic mass is 10.2. The van der Waals surface area contributed by atoms with Crippen molar-refractivity contribution in [1.82, 2.24) is 25.4 Å². The number of fused-ring (bicyclic) bond motifs is 1. The van der Waals surface area contributed by atoms with Crippen LogP contribution < -0.4 is 10.6 Å². The maximum absolute atomic E-state index is 12.7. The van der Waals surface area contributed by atoms with E-state index in [9.17, 15) is 14.4 Å². The first kappa shape index (κ1) is 18.3. The first-order chi connectivity index (χ1) is 13.6. The van der Waals surface area contributed by atoms with Crippen LogP contribution in [0.5, 0.6) is 0 Å². The van der Waals surface area contributed by atoms with Gasteiger partial charge in [-0.2, -0.15) is 0 Å². The van der Waals surface area contributed by atoms with E-state index in [1.807, 2.05) is 30.3 Å². The van der Waals surface area contributed by atoms with Gasteiger partial charge in [0.2, 0.25) is 5.91 Å². The Morgan fingerprint density at radius 3 is 2.46 bits per heavy atom. The van der Waals surface area contributed by atoms with E-state index >= 15 is 0 Å². The van der Waals surface area contributed by atoms with Crippen LogP contribution >= 0.6 is 0 Å². The van der Waals surface area contributed by atoms with Crippen molar-refractivity contribution in [3.05, 3.63) is 36.0 Å². The fourth-order valence-corrected chi connectivity index (χ4v) is 3.39. The number of nitrogens with zero attached hydrogens (tertiary/aromatic N) is 2. The van der Waals surface area contributed by atoms with Gasteiger partial charge in [-0.1, -0.05) is 18.2 Å². The molecule has 0 spiro atoms. The fourth-order valence-electron chi connectivity index (χ4n) is 3.39. The standard InChI is InChI=1S/C20H25N5O3/c26-18(22-15-5-6-15)7-8-21-20(28)25-11-9-24(10-12-25)19(27)17-13-14-3-1-2-4-16(14)23-17/h1-4,13,15,23H,5-12H2,(H,21,28)(H,22,26). The molecule has 2 aromatic rings. The lowest BCUT2D eigenvalue weighted by molar-refractivity contribution is -0.121. The Bertz CT molecular complexity index is 848. The molecule has 1 aliphatic heterocycles. The number of para-hydroxylation sites is 1. The van der Waals surface area contributed by atoms with E-state index < -0.39 is 0 Å². The molecule has 1 aromatic heterocycles. The molecule has 1 saturated carbocycles. The van der Waals surface area contributed by atoms with E-state index in [4.69, 9.17) is 0 Å². The molecule has 148 valence electrons. The van der Waals surface area contributed by atoms with Crippen molar-refractivity contribution in [1.29, 1.82) is 0 Å². The normalized spacial score (nSPS) is 16.9. The average molecular weight is 383 g/mol. The van der Waals surface area contributed by atoms with Crippen LogP contribution in [0.4, 0.5) is 4.79 Å². The van der Waals surface area contributed by atoms with E-state index in [0.717, 1.165) is 23.7 Å². The number of rotatable bonds is 5. The Morgan fingerprint density at radius 2 is 1.75 bits per heavy atom. The van der Waals surface area contributed by atoms with Crippen LogP contribution in [0.1, 0.15) is 29.8 Å². The van der Waals surface area contributed by atoms with Crippen LogP contribution in [0.3, 0.4) is 0 Å². The van der Waals surface area contributed by atoms with Gasteiger partial charge in [0.25, 0.3) is 5.91 Å². The summed E-state index contributed by atoms with van der Waals surface area (Å²) in [7, 11) is 0. The molecule has 4 amide bonds. The number of piperazine rings is 1. The molecule has 0 bridgehead atoms. The number of hydrogen-bond donors (Lipinski definition) is 3. The number of hydrogen-bond acceptors (Lipinski definition) is 3. The van der Waals surface area contributed by atoms with E-state index in [1.165, 1.54) is 0 Å². The zero-order valence-corrected chi connectivity index (χ0v) is 15.7. The van der Waals surface area contributed by atoms with Gasteiger partial charge in [0.05, 0.1) is 0 Å². The average Bonchev–Trinajstić information content (AvgIpc) is 3.41. The van der Waals surface area contributed by atoms with Crippen molar-refractivity contribution in [2.75, 3.05) is 32.7 Å². The number of urea groups is 1. The summed E-state index contributed by atoms with van der Waals surface area (Å²) in [6.45, 7) is 2.26. The molecule has 2 fully saturated rings. The van der Waals surface area contributed by atoms with Gasteiger partial charge in [0.1, 0.15) is 5.69 Å². The Labute approximate surface area is 163 Å². The predicted octanol–water partition coefficient (Wildman–Crippen LogP) is 1.30. The quantitative estimate of drug-likeness (QED) is 0.726. The molecule has 0 unspecified atom stereocenters. The van der Waals surface area contributed by atoms with Crippen molar-refractivity contribution in [3.8, 4) is 0 Å². The van der Waals surface area contributed by atoms with Crippen LogP contribution in [0.25, 0.3) is 10.9 Å². The second-order valence-corrected chi connectivity index (χ2v) is 7.37. The van der Waals surface area contributed by atoms with E-state index in [2.05, 4.69) is 15.6 Å². The third-order valence-corrected chi connectivity index (χ3v) is 5.19. The minimum absolute atomic E-state index is 0.0171. The van der Waals surface area contributed by atoms with Gasteiger partial charge in [-0.05, 0) is 25.0 Å². The molecule has 2 aliphatic rings. The summed E-state index contributed by atoms with van der Waals surface area (Å²) in [5.74, 6) is -0.0652. The third kappa shape index (κ3) is 4.27. The van der Waals surface area contributed by atoms with Gasteiger partial charge in [0, 0.05) is 56.1 Å². The van der Waals surface area contributed by atoms with Gasteiger partial charge in [0.15, 0.2) is 0 Å². The number of H-pyrrole nitrogens is 1. The molecule has 8 heteroatoms. The lowest BCUT2D eigenvalue weighted by Crippen LogP contribution is -2.53. The largest absolute Gasteiger partial charge is 0.353 e. The molecule has 2 heterocycles. The summed E-state index contributed by atoms with van der Waals surface area (Å²) < 4.78 is 0. The molecule has 0 atom stereocenters. The van der Waals surface area contributed by atoms with Crippen LogP contribution in [0.2, 0.25) is 0 Å². The van der Waals surface area contributed by atoms with Gasteiger partial charge in [-0.3, -0.25) is 9.59 Å². The highest BCUT2D eigenvalue weighted by atomic mass is 16.2. The van der Waals surface area contributed by atoms with Gasteiger partial charge in [-0.25, -0.2) is 4.79 Å². The Hall–Kier alpha value is -3.03. The Morgan fingerprint density at radius 1 is 1.04 bits per heavy atom. The fraction of sp³-hybridized carbons (Fsp3) is 0.450. The van der Waals surface area contributed by atoms with Crippen LogP contribution in [0, 0.1) is 0 Å². The number of nitrogens with one attached hydrogen (secondary N) is 3. The van der Waals surface area contributed by atoms with Crippen LogP contribution in [-0.2, 0) is 4.79 Å². The highest BCUT2D eigenvalue weighted by molar-refractivity contribution is 5.98. The summed E-state index contributed by atoms with van der Waals surface area (Å²) in [6.07, 6.45) is 2.40. The van der Waals surface area contributed by atoms with Gasteiger partial charge >= 0.3 is 6.03 Å². The maximum atomic E-state index is 12.7. The molecule has 1 aliphatic carbocycles. The molecular formula is C20H25N5O3. The highest BCUT2D eigenvalue weighted by Crippen LogP contribution is 2.18. The van der Waals surface area contributed by atoms with Crippen molar-refractivity contribution in [2.24, 2.45) is 0 Å². The molecule has 28 heavy (non-hydrogen) atoms. The number of benzene rings is 1. The second-order valence-electron chi connectivity index (χ2n) is 7.37. The smallest absolute Gasteiger partial charge is 0.317 e.